The number of hydrogen-bond acceptors (Lipinski definition) is 4. The van der Waals surface area contributed by atoms with Crippen molar-refractivity contribution in [3.63, 3.8) is 0 Å². The summed E-state index contributed by atoms with van der Waals surface area (Å²) in [5, 5.41) is 7.08. The molecule has 27 heavy (non-hydrogen) atoms. The largest absolute Gasteiger partial charge is 0.493 e. The van der Waals surface area contributed by atoms with E-state index in [0.29, 0.717) is 33.0 Å². The van der Waals surface area contributed by atoms with E-state index in [0.717, 1.165) is 5.56 Å². The van der Waals surface area contributed by atoms with Crippen LogP contribution in [0.5, 0.6) is 11.5 Å². The van der Waals surface area contributed by atoms with Gasteiger partial charge in [-0.05, 0) is 46.9 Å². The molecule has 0 radical (unpaired) electrons. The lowest BCUT2D eigenvalue weighted by atomic mass is 10.2. The van der Waals surface area contributed by atoms with E-state index in [2.05, 4.69) is 10.4 Å². The molecule has 0 aliphatic heterocycles. The molecule has 1 amide bonds. The van der Waals surface area contributed by atoms with Gasteiger partial charge >= 0.3 is 0 Å². The van der Waals surface area contributed by atoms with Gasteiger partial charge in [-0.2, -0.15) is 5.10 Å². The molecule has 0 bridgehead atoms. The Kier molecular flexibility index (Phi) is 5.94. The van der Waals surface area contributed by atoms with E-state index in [1.807, 2.05) is 40.8 Å². The number of aromatic nitrogens is 2. The zero-order valence-corrected chi connectivity index (χ0v) is 16.9. The Bertz CT molecular complexity index is 975. The number of rotatable bonds is 6. The molecular weight excluding hydrogens is 464 g/mol. The fourth-order valence-corrected chi connectivity index (χ4v) is 3.38. The van der Waals surface area contributed by atoms with Crippen LogP contribution < -0.4 is 14.8 Å². The second kappa shape index (κ2) is 8.38. The van der Waals surface area contributed by atoms with Gasteiger partial charge < -0.3 is 14.8 Å². The van der Waals surface area contributed by atoms with E-state index in [9.17, 15) is 9.18 Å². The first-order chi connectivity index (χ1) is 13.0. The van der Waals surface area contributed by atoms with Crippen molar-refractivity contribution in [2.45, 2.75) is 6.54 Å². The van der Waals surface area contributed by atoms with Gasteiger partial charge in [0, 0.05) is 15.2 Å². The molecule has 2 aromatic carbocycles. The topological polar surface area (TPSA) is 65.4 Å². The van der Waals surface area contributed by atoms with Crippen LogP contribution in [0, 0.1) is 9.39 Å². The molecule has 140 valence electrons. The number of methoxy groups -OCH3 is 2. The number of carbonyl (C=O) groups is 1. The number of anilines is 1. The van der Waals surface area contributed by atoms with Crippen LogP contribution in [0.4, 0.5) is 10.2 Å². The molecule has 3 rings (SSSR count). The van der Waals surface area contributed by atoms with Crippen LogP contribution >= 0.6 is 22.6 Å². The Labute approximate surface area is 169 Å². The number of ether oxygens (including phenoxy) is 2. The second-order valence-electron chi connectivity index (χ2n) is 5.61. The van der Waals surface area contributed by atoms with E-state index < -0.39 is 0 Å². The van der Waals surface area contributed by atoms with Gasteiger partial charge in [0.25, 0.3) is 5.91 Å². The summed E-state index contributed by atoms with van der Waals surface area (Å²) in [6.45, 7) is 0.378. The first kappa shape index (κ1) is 19.2. The van der Waals surface area contributed by atoms with E-state index in [-0.39, 0.29) is 11.7 Å². The van der Waals surface area contributed by atoms with E-state index >= 15 is 0 Å². The summed E-state index contributed by atoms with van der Waals surface area (Å²) in [6, 6.07) is 11.3. The van der Waals surface area contributed by atoms with Gasteiger partial charge in [0.15, 0.2) is 11.5 Å². The van der Waals surface area contributed by atoms with Crippen LogP contribution in [0.3, 0.4) is 0 Å². The summed E-state index contributed by atoms with van der Waals surface area (Å²) >= 11 is 1.93. The first-order valence-corrected chi connectivity index (χ1v) is 9.09. The monoisotopic (exact) mass is 481 g/mol. The number of halogens is 2. The third-order valence-corrected chi connectivity index (χ3v) is 4.83. The average molecular weight is 481 g/mol. The predicted octanol–water partition coefficient (Wildman–Crippen LogP) is 3.94. The molecule has 1 heterocycles. The van der Waals surface area contributed by atoms with Crippen LogP contribution in [0.1, 0.15) is 15.9 Å². The maximum Gasteiger partial charge on any atom is 0.257 e. The molecule has 0 fully saturated rings. The average Bonchev–Trinajstić information content (AvgIpc) is 3.07. The Hall–Kier alpha value is -2.62. The molecule has 0 saturated carbocycles. The lowest BCUT2D eigenvalue weighted by Crippen LogP contribution is -2.17. The van der Waals surface area contributed by atoms with E-state index in [1.54, 1.807) is 31.2 Å². The molecule has 1 N–H and O–H groups in total. The van der Waals surface area contributed by atoms with Crippen molar-refractivity contribution in [2.24, 2.45) is 0 Å². The smallest absolute Gasteiger partial charge is 0.257 e. The van der Waals surface area contributed by atoms with Crippen LogP contribution in [-0.2, 0) is 6.54 Å². The van der Waals surface area contributed by atoms with Crippen molar-refractivity contribution in [3.8, 4) is 11.5 Å². The molecule has 0 atom stereocenters. The highest BCUT2D eigenvalue weighted by molar-refractivity contribution is 14.1. The van der Waals surface area contributed by atoms with Gasteiger partial charge in [-0.15, -0.1) is 0 Å². The van der Waals surface area contributed by atoms with Gasteiger partial charge in [-0.3, -0.25) is 4.79 Å². The van der Waals surface area contributed by atoms with Crippen molar-refractivity contribution >= 4 is 34.3 Å². The molecule has 0 saturated heterocycles. The minimum absolute atomic E-state index is 0.334. The fraction of sp³-hybridized carbons (Fsp3) is 0.158. The van der Waals surface area contributed by atoms with Crippen molar-refractivity contribution in [3.05, 3.63) is 69.2 Å². The standard InChI is InChI=1S/C19H17FIN3O3/c1-26-16-5-3-4-12(18(16)27-2)11-24-17(8-9-22-24)23-19(25)14-7-6-13(20)10-15(14)21/h3-10H,11H2,1-2H3,(H,23,25). The normalized spacial score (nSPS) is 10.5. The van der Waals surface area contributed by atoms with Crippen molar-refractivity contribution in [1.29, 1.82) is 0 Å². The van der Waals surface area contributed by atoms with Crippen molar-refractivity contribution in [1.82, 2.24) is 9.78 Å². The number of hydrogen-bond donors (Lipinski definition) is 1. The van der Waals surface area contributed by atoms with Crippen molar-refractivity contribution in [2.75, 3.05) is 19.5 Å². The molecule has 0 unspecified atom stereocenters. The van der Waals surface area contributed by atoms with Gasteiger partial charge in [-0.25, -0.2) is 9.07 Å². The minimum Gasteiger partial charge on any atom is -0.493 e. The summed E-state index contributed by atoms with van der Waals surface area (Å²) < 4.78 is 26.2. The lowest BCUT2D eigenvalue weighted by molar-refractivity contribution is 0.102. The molecule has 3 aromatic rings. The molecule has 0 aliphatic rings. The Morgan fingerprint density at radius 3 is 2.74 bits per heavy atom. The van der Waals surface area contributed by atoms with Gasteiger partial charge in [0.05, 0.1) is 32.5 Å². The summed E-state index contributed by atoms with van der Waals surface area (Å²) in [5.74, 6) is 1.03. The number of nitrogens with zero attached hydrogens (tertiary/aromatic N) is 2. The van der Waals surface area contributed by atoms with E-state index in [1.165, 1.54) is 18.2 Å². The zero-order valence-electron chi connectivity index (χ0n) is 14.7. The summed E-state index contributed by atoms with van der Waals surface area (Å²) in [6.07, 6.45) is 1.60. The SMILES string of the molecule is COc1cccc(Cn2nccc2NC(=O)c2ccc(F)cc2I)c1OC. The number of para-hydroxylation sites is 1. The predicted molar refractivity (Wildman–Crippen MR) is 108 cm³/mol. The number of nitrogens with one attached hydrogen (secondary N) is 1. The summed E-state index contributed by atoms with van der Waals surface area (Å²) in [5.41, 5.74) is 1.25. The molecule has 1 aromatic heterocycles. The van der Waals surface area contributed by atoms with E-state index in [4.69, 9.17) is 9.47 Å². The van der Waals surface area contributed by atoms with Gasteiger partial charge in [0.1, 0.15) is 11.6 Å². The first-order valence-electron chi connectivity index (χ1n) is 8.01. The number of carbonyl (C=O) groups excluding carboxylic acids is 1. The number of amides is 1. The third kappa shape index (κ3) is 4.21. The highest BCUT2D eigenvalue weighted by Crippen LogP contribution is 2.31. The fourth-order valence-electron chi connectivity index (χ4n) is 2.66. The number of benzene rings is 2. The Morgan fingerprint density at radius 1 is 1.22 bits per heavy atom. The molecule has 0 spiro atoms. The molecule has 6 nitrogen and oxygen atoms in total. The molecule has 8 heteroatoms. The maximum absolute atomic E-state index is 13.3. The van der Waals surface area contributed by atoms with Crippen molar-refractivity contribution < 1.29 is 18.7 Å². The van der Waals surface area contributed by atoms with Gasteiger partial charge in [-0.1, -0.05) is 12.1 Å². The van der Waals surface area contributed by atoms with Crippen LogP contribution in [0.25, 0.3) is 0 Å². The van der Waals surface area contributed by atoms with Crippen LogP contribution in [-0.4, -0.2) is 29.9 Å². The van der Waals surface area contributed by atoms with Gasteiger partial charge in [0.2, 0.25) is 0 Å². The van der Waals surface area contributed by atoms with Crippen LogP contribution in [0.15, 0.2) is 48.7 Å². The lowest BCUT2D eigenvalue weighted by Gasteiger charge is -2.14. The molecular formula is C19H17FIN3O3. The highest BCUT2D eigenvalue weighted by Gasteiger charge is 2.15. The van der Waals surface area contributed by atoms with Crippen LogP contribution in [0.2, 0.25) is 0 Å². The zero-order chi connectivity index (χ0) is 19.4. The summed E-state index contributed by atoms with van der Waals surface area (Å²) in [4.78, 5) is 12.5. The summed E-state index contributed by atoms with van der Waals surface area (Å²) in [7, 11) is 3.15. The third-order valence-electron chi connectivity index (χ3n) is 3.94. The molecule has 0 aliphatic carbocycles. The highest BCUT2D eigenvalue weighted by atomic mass is 127. The minimum atomic E-state index is -0.383. The second-order valence-corrected chi connectivity index (χ2v) is 6.77. The quantitative estimate of drug-likeness (QED) is 0.542. The maximum atomic E-state index is 13.3. The Balaban J connectivity index is 1.84. The Morgan fingerprint density at radius 2 is 2.04 bits per heavy atom.